The van der Waals surface area contributed by atoms with Gasteiger partial charge in [0, 0.05) is 32.2 Å². The zero-order valence-electron chi connectivity index (χ0n) is 15.0. The maximum atomic E-state index is 12.9. The highest BCUT2D eigenvalue weighted by molar-refractivity contribution is 5.77. The van der Waals surface area contributed by atoms with Crippen LogP contribution in [-0.4, -0.2) is 67.7 Å². The van der Waals surface area contributed by atoms with E-state index in [0.717, 1.165) is 45.8 Å². The first-order valence-electron chi connectivity index (χ1n) is 9.51. The van der Waals surface area contributed by atoms with Gasteiger partial charge in [0.2, 0.25) is 5.91 Å². The molecule has 2 saturated heterocycles. The van der Waals surface area contributed by atoms with E-state index in [2.05, 4.69) is 30.0 Å². The van der Waals surface area contributed by atoms with Crippen LogP contribution in [0.3, 0.4) is 0 Å². The smallest absolute Gasteiger partial charge is 0.225 e. The molecular weight excluding hydrogens is 316 g/mol. The summed E-state index contributed by atoms with van der Waals surface area (Å²) in [5.74, 6) is 0.742. The largest absolute Gasteiger partial charge is 0.379 e. The molecule has 0 bridgehead atoms. The number of hydrogen-bond donors (Lipinski definition) is 0. The molecule has 4 rings (SSSR count). The van der Waals surface area contributed by atoms with Crippen molar-refractivity contribution in [2.45, 2.75) is 31.9 Å². The number of rotatable bonds is 3. The maximum absolute atomic E-state index is 12.9. The second kappa shape index (κ2) is 7.44. The highest BCUT2D eigenvalue weighted by Gasteiger charge is 2.37. The van der Waals surface area contributed by atoms with Crippen LogP contribution in [0.4, 0.5) is 0 Å². The van der Waals surface area contributed by atoms with Gasteiger partial charge < -0.3 is 14.4 Å². The summed E-state index contributed by atoms with van der Waals surface area (Å²) in [7, 11) is 0. The molecule has 0 radical (unpaired) electrons. The summed E-state index contributed by atoms with van der Waals surface area (Å²) >= 11 is 0. The van der Waals surface area contributed by atoms with E-state index in [1.165, 1.54) is 11.1 Å². The van der Waals surface area contributed by atoms with Crippen LogP contribution in [0.25, 0.3) is 0 Å². The molecule has 0 N–H and O–H groups in total. The molecule has 0 saturated carbocycles. The zero-order valence-corrected chi connectivity index (χ0v) is 15.0. The number of nitrogens with zero attached hydrogens (tertiary/aromatic N) is 2. The van der Waals surface area contributed by atoms with Gasteiger partial charge in [-0.25, -0.2) is 0 Å². The summed E-state index contributed by atoms with van der Waals surface area (Å²) < 4.78 is 11.4. The van der Waals surface area contributed by atoms with Crippen LogP contribution in [0.15, 0.2) is 24.3 Å². The quantitative estimate of drug-likeness (QED) is 0.840. The lowest BCUT2D eigenvalue weighted by molar-refractivity contribution is -0.134. The number of benzene rings is 1. The van der Waals surface area contributed by atoms with E-state index in [1.807, 2.05) is 11.0 Å². The first-order valence-corrected chi connectivity index (χ1v) is 9.51. The van der Waals surface area contributed by atoms with Gasteiger partial charge in [-0.2, -0.15) is 0 Å². The van der Waals surface area contributed by atoms with E-state index >= 15 is 0 Å². The number of ether oxygens (including phenoxy) is 2. The van der Waals surface area contributed by atoms with Crippen LogP contribution < -0.4 is 0 Å². The molecule has 5 heteroatoms. The summed E-state index contributed by atoms with van der Waals surface area (Å²) in [5, 5.41) is 0. The van der Waals surface area contributed by atoms with E-state index in [1.54, 1.807) is 0 Å². The van der Waals surface area contributed by atoms with Crippen LogP contribution in [0, 0.1) is 5.92 Å². The minimum absolute atomic E-state index is 0.0878. The first-order chi connectivity index (χ1) is 12.2. The van der Waals surface area contributed by atoms with Crippen molar-refractivity contribution in [3.8, 4) is 0 Å². The van der Waals surface area contributed by atoms with Gasteiger partial charge in [-0.1, -0.05) is 31.2 Å². The average molecular weight is 344 g/mol. The second-order valence-electron chi connectivity index (χ2n) is 7.50. The zero-order chi connectivity index (χ0) is 17.2. The Balaban J connectivity index is 1.39. The molecule has 3 aliphatic heterocycles. The fourth-order valence-electron chi connectivity index (χ4n) is 4.47. The second-order valence-corrected chi connectivity index (χ2v) is 7.50. The van der Waals surface area contributed by atoms with Crippen molar-refractivity contribution in [1.82, 2.24) is 9.80 Å². The molecule has 3 atom stereocenters. The van der Waals surface area contributed by atoms with E-state index in [-0.39, 0.29) is 12.0 Å². The Hall–Kier alpha value is -1.43. The van der Waals surface area contributed by atoms with E-state index in [4.69, 9.17) is 9.47 Å². The molecule has 1 amide bonds. The molecule has 136 valence electrons. The van der Waals surface area contributed by atoms with E-state index in [0.29, 0.717) is 25.0 Å². The third-order valence-corrected chi connectivity index (χ3v) is 5.89. The van der Waals surface area contributed by atoms with Crippen molar-refractivity contribution in [3.63, 3.8) is 0 Å². The fraction of sp³-hybridized carbons (Fsp3) is 0.650. The highest BCUT2D eigenvalue weighted by Crippen LogP contribution is 2.31. The van der Waals surface area contributed by atoms with Crippen molar-refractivity contribution in [2.75, 3.05) is 46.0 Å². The molecule has 25 heavy (non-hydrogen) atoms. The van der Waals surface area contributed by atoms with Gasteiger partial charge in [-0.15, -0.1) is 0 Å². The third kappa shape index (κ3) is 3.59. The molecule has 5 nitrogen and oxygen atoms in total. The van der Waals surface area contributed by atoms with Crippen molar-refractivity contribution in [1.29, 1.82) is 0 Å². The molecular formula is C20H28N2O3. The predicted octanol–water partition coefficient (Wildman–Crippen LogP) is 1.87. The van der Waals surface area contributed by atoms with Crippen LogP contribution in [-0.2, 0) is 20.7 Å². The molecule has 0 aromatic heterocycles. The number of amides is 1. The lowest BCUT2D eigenvalue weighted by Gasteiger charge is -2.34. The highest BCUT2D eigenvalue weighted by atomic mass is 16.5. The minimum atomic E-state index is -0.0878. The van der Waals surface area contributed by atoms with E-state index < -0.39 is 0 Å². The molecule has 1 aromatic carbocycles. The molecule has 2 fully saturated rings. The summed E-state index contributed by atoms with van der Waals surface area (Å²) in [6.45, 7) is 8.26. The Morgan fingerprint density at radius 3 is 2.80 bits per heavy atom. The molecule has 3 heterocycles. The predicted molar refractivity (Wildman–Crippen MR) is 95.4 cm³/mol. The number of hydrogen-bond acceptors (Lipinski definition) is 4. The van der Waals surface area contributed by atoms with Crippen molar-refractivity contribution < 1.29 is 14.3 Å². The fourth-order valence-corrected chi connectivity index (χ4v) is 4.47. The van der Waals surface area contributed by atoms with E-state index in [9.17, 15) is 4.79 Å². The van der Waals surface area contributed by atoms with Gasteiger partial charge in [0.1, 0.15) is 0 Å². The lowest BCUT2D eigenvalue weighted by Crippen LogP contribution is -2.47. The van der Waals surface area contributed by atoms with Gasteiger partial charge in [-0.3, -0.25) is 9.69 Å². The molecule has 3 aliphatic rings. The minimum Gasteiger partial charge on any atom is -0.379 e. The number of fused-ring (bicyclic) bond motifs is 1. The van der Waals surface area contributed by atoms with Crippen LogP contribution in [0.2, 0.25) is 0 Å². The number of carbonyl (C=O) groups is 1. The number of carbonyl (C=O) groups excluding carboxylic acids is 1. The average Bonchev–Trinajstić information content (AvgIpc) is 3.05. The standard InChI is InChI=1S/C20H28N2O3/c1-15-13-22(14-18(15)21-7-10-24-11-8-21)20(23)12-19-17-5-3-2-4-16(17)6-9-25-19/h2-5,15,18-19H,6-14H2,1H3. The Morgan fingerprint density at radius 1 is 1.16 bits per heavy atom. The van der Waals surface area contributed by atoms with Gasteiger partial charge in [0.25, 0.3) is 0 Å². The van der Waals surface area contributed by atoms with Gasteiger partial charge >= 0.3 is 0 Å². The summed E-state index contributed by atoms with van der Waals surface area (Å²) in [5.41, 5.74) is 2.52. The van der Waals surface area contributed by atoms with Crippen molar-refractivity contribution in [3.05, 3.63) is 35.4 Å². The Labute approximate surface area is 149 Å². The number of morpholine rings is 1. The third-order valence-electron chi connectivity index (χ3n) is 5.89. The van der Waals surface area contributed by atoms with Crippen molar-refractivity contribution in [2.24, 2.45) is 5.92 Å². The number of likely N-dealkylation sites (tertiary alicyclic amines) is 1. The summed E-state index contributed by atoms with van der Waals surface area (Å²) in [6, 6.07) is 8.83. The summed E-state index contributed by atoms with van der Waals surface area (Å²) in [6.07, 6.45) is 1.32. The maximum Gasteiger partial charge on any atom is 0.225 e. The van der Waals surface area contributed by atoms with Crippen LogP contribution in [0.5, 0.6) is 0 Å². The molecule has 3 unspecified atom stereocenters. The Kier molecular flexibility index (Phi) is 5.06. The SMILES string of the molecule is CC1CN(C(=O)CC2OCCc3ccccc32)CC1N1CCOCC1. The first kappa shape index (κ1) is 17.0. The van der Waals surface area contributed by atoms with Crippen LogP contribution >= 0.6 is 0 Å². The van der Waals surface area contributed by atoms with Crippen LogP contribution in [0.1, 0.15) is 30.6 Å². The monoisotopic (exact) mass is 344 g/mol. The molecule has 0 spiro atoms. The van der Waals surface area contributed by atoms with Gasteiger partial charge in [0.05, 0.1) is 32.3 Å². The lowest BCUT2D eigenvalue weighted by atomic mass is 9.95. The normalized spacial score (nSPS) is 30.3. The Bertz CT molecular complexity index is 615. The topological polar surface area (TPSA) is 42.0 Å². The molecule has 1 aromatic rings. The van der Waals surface area contributed by atoms with Crippen molar-refractivity contribution >= 4 is 5.91 Å². The molecule has 0 aliphatic carbocycles. The Morgan fingerprint density at radius 2 is 1.96 bits per heavy atom. The van der Waals surface area contributed by atoms with Gasteiger partial charge in [0.15, 0.2) is 0 Å². The van der Waals surface area contributed by atoms with Gasteiger partial charge in [-0.05, 0) is 23.5 Å². The summed E-state index contributed by atoms with van der Waals surface area (Å²) in [4.78, 5) is 17.4.